The highest BCUT2D eigenvalue weighted by Gasteiger charge is 2.21. The first kappa shape index (κ1) is 12.6. The first-order valence-corrected chi connectivity index (χ1v) is 6.70. The van der Waals surface area contributed by atoms with Gasteiger partial charge < -0.3 is 15.5 Å². The number of likely N-dealkylation sites (N-methyl/N-ethyl adjacent to an activating group) is 1. The number of urea groups is 1. The number of nitrogens with zero attached hydrogens (tertiary/aromatic N) is 2. The molecule has 0 aromatic carbocycles. The highest BCUT2D eigenvalue weighted by molar-refractivity contribution is 5.74. The molecule has 0 radical (unpaired) electrons. The van der Waals surface area contributed by atoms with Crippen LogP contribution in [0.4, 0.5) is 4.79 Å². The lowest BCUT2D eigenvalue weighted by Gasteiger charge is -2.31. The molecule has 0 bridgehead atoms. The van der Waals surface area contributed by atoms with Gasteiger partial charge in [-0.15, -0.1) is 0 Å². The molecule has 1 aliphatic carbocycles. The van der Waals surface area contributed by atoms with Gasteiger partial charge in [-0.1, -0.05) is 0 Å². The molecule has 0 atom stereocenters. The molecule has 2 rings (SSSR count). The third-order valence-electron chi connectivity index (χ3n) is 3.74. The van der Waals surface area contributed by atoms with Gasteiger partial charge in [0.25, 0.3) is 0 Å². The van der Waals surface area contributed by atoms with Crippen LogP contribution < -0.4 is 10.6 Å². The summed E-state index contributed by atoms with van der Waals surface area (Å²) in [5, 5.41) is 6.39. The van der Waals surface area contributed by atoms with Crippen molar-refractivity contribution >= 4 is 6.03 Å². The van der Waals surface area contributed by atoms with E-state index in [-0.39, 0.29) is 6.03 Å². The number of nitrogens with one attached hydrogen (secondary N) is 2. The summed E-state index contributed by atoms with van der Waals surface area (Å²) in [7, 11) is 1.89. The number of carbonyl (C=O) groups excluding carboxylic acids is 1. The Morgan fingerprint density at radius 2 is 2.12 bits per heavy atom. The molecule has 0 unspecified atom stereocenters. The Hall–Kier alpha value is -0.810. The lowest BCUT2D eigenvalue weighted by atomic mass is 9.93. The van der Waals surface area contributed by atoms with Crippen molar-refractivity contribution in [2.45, 2.75) is 25.3 Å². The van der Waals surface area contributed by atoms with E-state index >= 15 is 0 Å². The first-order chi connectivity index (χ1) is 8.25. The summed E-state index contributed by atoms with van der Waals surface area (Å²) in [5.74, 6) is 0. The van der Waals surface area contributed by atoms with Gasteiger partial charge in [-0.25, -0.2) is 4.79 Å². The van der Waals surface area contributed by atoms with Crippen LogP contribution in [0.25, 0.3) is 0 Å². The maximum atomic E-state index is 11.8. The summed E-state index contributed by atoms with van der Waals surface area (Å²) in [6, 6.07) is 0.522. The Morgan fingerprint density at radius 3 is 2.71 bits per heavy atom. The zero-order valence-corrected chi connectivity index (χ0v) is 10.7. The summed E-state index contributed by atoms with van der Waals surface area (Å²) >= 11 is 0. The van der Waals surface area contributed by atoms with Gasteiger partial charge in [-0.05, 0) is 19.3 Å². The molecule has 98 valence electrons. The van der Waals surface area contributed by atoms with Crippen LogP contribution in [0, 0.1) is 0 Å². The predicted molar refractivity (Wildman–Crippen MR) is 68.1 cm³/mol. The van der Waals surface area contributed by atoms with Crippen molar-refractivity contribution < 1.29 is 4.79 Å². The standard InChI is InChI=1S/C12H24N4O/c1-15(12(17)14-11-3-2-4-11)9-10-16-7-5-13-6-8-16/h11,13H,2-10H2,1H3,(H,14,17). The van der Waals surface area contributed by atoms with E-state index in [0.717, 1.165) is 52.1 Å². The average Bonchev–Trinajstić information content (AvgIpc) is 2.32. The van der Waals surface area contributed by atoms with E-state index in [2.05, 4.69) is 15.5 Å². The van der Waals surface area contributed by atoms with Crippen LogP contribution in [-0.2, 0) is 0 Å². The van der Waals surface area contributed by atoms with Crippen molar-refractivity contribution in [3.05, 3.63) is 0 Å². The quantitative estimate of drug-likeness (QED) is 0.732. The number of hydrogen-bond acceptors (Lipinski definition) is 3. The van der Waals surface area contributed by atoms with E-state index in [1.807, 2.05) is 7.05 Å². The first-order valence-electron chi connectivity index (χ1n) is 6.70. The summed E-state index contributed by atoms with van der Waals surface area (Å²) in [4.78, 5) is 16.0. The lowest BCUT2D eigenvalue weighted by molar-refractivity contribution is 0.179. The minimum Gasteiger partial charge on any atom is -0.335 e. The second-order valence-corrected chi connectivity index (χ2v) is 5.09. The Kier molecular flexibility index (Phi) is 4.62. The van der Waals surface area contributed by atoms with Crippen LogP contribution in [0.2, 0.25) is 0 Å². The van der Waals surface area contributed by atoms with E-state index in [4.69, 9.17) is 0 Å². The second kappa shape index (κ2) is 6.21. The van der Waals surface area contributed by atoms with Gasteiger partial charge in [0.15, 0.2) is 0 Å². The normalized spacial score (nSPS) is 21.9. The molecule has 1 heterocycles. The third kappa shape index (κ3) is 3.85. The highest BCUT2D eigenvalue weighted by atomic mass is 16.2. The molecule has 2 N–H and O–H groups in total. The summed E-state index contributed by atoms with van der Waals surface area (Å²) in [5.41, 5.74) is 0. The average molecular weight is 240 g/mol. The van der Waals surface area contributed by atoms with Crippen molar-refractivity contribution in [2.75, 3.05) is 46.3 Å². The fourth-order valence-electron chi connectivity index (χ4n) is 2.17. The van der Waals surface area contributed by atoms with E-state index in [9.17, 15) is 4.79 Å². The number of hydrogen-bond donors (Lipinski definition) is 2. The SMILES string of the molecule is CN(CCN1CCNCC1)C(=O)NC1CCC1. The molecule has 2 amide bonds. The van der Waals surface area contributed by atoms with E-state index in [1.54, 1.807) is 4.90 Å². The van der Waals surface area contributed by atoms with Gasteiger partial charge in [0.05, 0.1) is 0 Å². The van der Waals surface area contributed by atoms with Crippen molar-refractivity contribution in [2.24, 2.45) is 0 Å². The highest BCUT2D eigenvalue weighted by Crippen LogP contribution is 2.17. The van der Waals surface area contributed by atoms with Gasteiger partial charge in [0, 0.05) is 52.4 Å². The number of rotatable bonds is 4. The Bertz CT molecular complexity index is 249. The molecule has 5 nitrogen and oxygen atoms in total. The third-order valence-corrected chi connectivity index (χ3v) is 3.74. The molecule has 0 aromatic rings. The van der Waals surface area contributed by atoms with E-state index < -0.39 is 0 Å². The zero-order valence-electron chi connectivity index (χ0n) is 10.7. The predicted octanol–water partition coefficient (Wildman–Crippen LogP) is 0.0855. The molecule has 1 saturated heterocycles. The van der Waals surface area contributed by atoms with Gasteiger partial charge in [-0.3, -0.25) is 4.90 Å². The van der Waals surface area contributed by atoms with Crippen LogP contribution >= 0.6 is 0 Å². The zero-order chi connectivity index (χ0) is 12.1. The number of carbonyl (C=O) groups is 1. The fourth-order valence-corrected chi connectivity index (χ4v) is 2.17. The van der Waals surface area contributed by atoms with Crippen molar-refractivity contribution in [1.82, 2.24) is 20.4 Å². The van der Waals surface area contributed by atoms with Gasteiger partial charge >= 0.3 is 6.03 Å². The molecule has 5 heteroatoms. The maximum Gasteiger partial charge on any atom is 0.317 e. The number of amides is 2. The summed E-state index contributed by atoms with van der Waals surface area (Å²) < 4.78 is 0. The van der Waals surface area contributed by atoms with Crippen LogP contribution in [-0.4, -0.2) is 68.2 Å². The van der Waals surface area contributed by atoms with Crippen molar-refractivity contribution in [3.8, 4) is 0 Å². The van der Waals surface area contributed by atoms with Crippen molar-refractivity contribution in [3.63, 3.8) is 0 Å². The minimum atomic E-state index is 0.0878. The Morgan fingerprint density at radius 1 is 1.41 bits per heavy atom. The largest absolute Gasteiger partial charge is 0.335 e. The molecule has 1 aliphatic heterocycles. The Balaban J connectivity index is 1.61. The van der Waals surface area contributed by atoms with Gasteiger partial charge in [0.2, 0.25) is 0 Å². The molecule has 0 aromatic heterocycles. The molecular formula is C12H24N4O. The summed E-state index contributed by atoms with van der Waals surface area (Å²) in [6.45, 7) is 6.13. The van der Waals surface area contributed by atoms with E-state index in [1.165, 1.54) is 6.42 Å². The monoisotopic (exact) mass is 240 g/mol. The molecule has 2 fully saturated rings. The molecule has 2 aliphatic rings. The maximum absolute atomic E-state index is 11.8. The summed E-state index contributed by atoms with van der Waals surface area (Å²) in [6.07, 6.45) is 3.56. The van der Waals surface area contributed by atoms with Crippen LogP contribution in [0.3, 0.4) is 0 Å². The minimum absolute atomic E-state index is 0.0878. The van der Waals surface area contributed by atoms with Crippen molar-refractivity contribution in [1.29, 1.82) is 0 Å². The smallest absolute Gasteiger partial charge is 0.317 e. The Labute approximate surface area is 104 Å². The lowest BCUT2D eigenvalue weighted by Crippen LogP contribution is -2.49. The molecular weight excluding hydrogens is 216 g/mol. The van der Waals surface area contributed by atoms with E-state index in [0.29, 0.717) is 6.04 Å². The van der Waals surface area contributed by atoms with Gasteiger partial charge in [-0.2, -0.15) is 0 Å². The number of piperazine rings is 1. The van der Waals surface area contributed by atoms with Gasteiger partial charge in [0.1, 0.15) is 0 Å². The van der Waals surface area contributed by atoms with Crippen LogP contribution in [0.5, 0.6) is 0 Å². The topological polar surface area (TPSA) is 47.6 Å². The van der Waals surface area contributed by atoms with Crippen LogP contribution in [0.15, 0.2) is 0 Å². The molecule has 17 heavy (non-hydrogen) atoms. The van der Waals surface area contributed by atoms with Crippen LogP contribution in [0.1, 0.15) is 19.3 Å². The second-order valence-electron chi connectivity index (χ2n) is 5.09. The molecule has 0 spiro atoms. The fraction of sp³-hybridized carbons (Fsp3) is 0.917. The molecule has 1 saturated carbocycles.